The molecule has 2 rings (SSSR count). The Kier molecular flexibility index (Phi) is 1.23. The second-order valence-corrected chi connectivity index (χ2v) is 2.53. The summed E-state index contributed by atoms with van der Waals surface area (Å²) in [6.07, 6.45) is 6.17. The summed E-state index contributed by atoms with van der Waals surface area (Å²) in [6, 6.07) is 0. The molecule has 1 aliphatic carbocycles. The summed E-state index contributed by atoms with van der Waals surface area (Å²) in [6.45, 7) is 1.91. The number of hydrogen-bond acceptors (Lipinski definition) is 2. The fourth-order valence-corrected chi connectivity index (χ4v) is 1.25. The van der Waals surface area contributed by atoms with Gasteiger partial charge >= 0.3 is 7.12 Å². The molecule has 52 valence electrons. The van der Waals surface area contributed by atoms with Crippen molar-refractivity contribution in [2.75, 3.05) is 0 Å². The monoisotopic (exact) mass is 136 g/mol. The molecule has 10 heavy (non-hydrogen) atoms. The molecule has 0 aromatic carbocycles. The first-order valence-electron chi connectivity index (χ1n) is 3.59. The van der Waals surface area contributed by atoms with E-state index >= 15 is 0 Å². The van der Waals surface area contributed by atoms with Crippen molar-refractivity contribution in [3.8, 4) is 0 Å². The molecule has 0 radical (unpaired) electrons. The Hall–Kier alpha value is -0.855. The lowest BCUT2D eigenvalue weighted by Crippen LogP contribution is -2.07. The van der Waals surface area contributed by atoms with E-state index in [0.717, 1.165) is 24.4 Å². The van der Waals surface area contributed by atoms with Crippen LogP contribution in [0.4, 0.5) is 0 Å². The van der Waals surface area contributed by atoms with E-state index in [4.69, 9.17) is 9.31 Å². The van der Waals surface area contributed by atoms with Crippen molar-refractivity contribution < 1.29 is 9.31 Å². The number of hydrogen-bond donors (Lipinski definition) is 0. The minimum absolute atomic E-state index is 0.0762. The van der Waals surface area contributed by atoms with Gasteiger partial charge in [0, 0.05) is 6.42 Å². The third-order valence-electron chi connectivity index (χ3n) is 1.68. The lowest BCUT2D eigenvalue weighted by Gasteiger charge is -2.04. The van der Waals surface area contributed by atoms with Crippen LogP contribution in [0.25, 0.3) is 0 Å². The van der Waals surface area contributed by atoms with Gasteiger partial charge < -0.3 is 9.31 Å². The Balaban J connectivity index is 2.21. The van der Waals surface area contributed by atoms with Gasteiger partial charge in [-0.3, -0.25) is 0 Å². The maximum atomic E-state index is 5.37. The summed E-state index contributed by atoms with van der Waals surface area (Å²) in [7, 11) is -0.0762. The van der Waals surface area contributed by atoms with Gasteiger partial charge in [-0.1, -0.05) is 6.08 Å². The summed E-state index contributed by atoms with van der Waals surface area (Å²) >= 11 is 0. The molecule has 0 aromatic rings. The van der Waals surface area contributed by atoms with Gasteiger partial charge in [0.1, 0.15) is 11.5 Å². The van der Waals surface area contributed by atoms with Crippen molar-refractivity contribution >= 4 is 7.12 Å². The molecular formula is C7H9BO2. The topological polar surface area (TPSA) is 18.5 Å². The maximum Gasteiger partial charge on any atom is 0.591 e. The molecule has 0 atom stereocenters. The minimum Gasteiger partial charge on any atom is -0.526 e. The Morgan fingerprint density at radius 2 is 2.40 bits per heavy atom. The Morgan fingerprint density at radius 3 is 3.20 bits per heavy atom. The maximum absolute atomic E-state index is 5.37. The van der Waals surface area contributed by atoms with E-state index in [9.17, 15) is 0 Å². The SMILES string of the molecule is CB1OC2=C(CCC=C2)O1. The largest absolute Gasteiger partial charge is 0.591 e. The molecule has 0 N–H and O–H groups in total. The van der Waals surface area contributed by atoms with E-state index in [1.54, 1.807) is 0 Å². The molecule has 0 amide bonds. The molecule has 2 nitrogen and oxygen atoms in total. The van der Waals surface area contributed by atoms with E-state index in [2.05, 4.69) is 6.08 Å². The van der Waals surface area contributed by atoms with E-state index in [0.29, 0.717) is 0 Å². The van der Waals surface area contributed by atoms with E-state index in [1.807, 2.05) is 12.9 Å². The molecule has 0 spiro atoms. The Labute approximate surface area is 60.7 Å². The van der Waals surface area contributed by atoms with Crippen LogP contribution in [-0.4, -0.2) is 7.12 Å². The van der Waals surface area contributed by atoms with Gasteiger partial charge in [-0.2, -0.15) is 0 Å². The highest BCUT2D eigenvalue weighted by molar-refractivity contribution is 6.44. The average molecular weight is 136 g/mol. The first kappa shape index (κ1) is 5.89. The van der Waals surface area contributed by atoms with Crippen LogP contribution in [-0.2, 0) is 9.31 Å². The van der Waals surface area contributed by atoms with Crippen molar-refractivity contribution in [2.24, 2.45) is 0 Å². The predicted octanol–water partition coefficient (Wildman–Crippen LogP) is 1.71. The normalized spacial score (nSPS) is 22.3. The van der Waals surface area contributed by atoms with Crippen LogP contribution in [0, 0.1) is 0 Å². The van der Waals surface area contributed by atoms with Crippen molar-refractivity contribution in [1.82, 2.24) is 0 Å². The molecule has 1 aliphatic heterocycles. The third-order valence-corrected chi connectivity index (χ3v) is 1.68. The van der Waals surface area contributed by atoms with Crippen molar-refractivity contribution in [2.45, 2.75) is 19.7 Å². The van der Waals surface area contributed by atoms with Crippen LogP contribution in [0.5, 0.6) is 0 Å². The Morgan fingerprint density at radius 1 is 1.50 bits per heavy atom. The molecule has 0 bridgehead atoms. The lowest BCUT2D eigenvalue weighted by molar-refractivity contribution is 0.381. The van der Waals surface area contributed by atoms with E-state index in [1.165, 1.54) is 0 Å². The van der Waals surface area contributed by atoms with Crippen molar-refractivity contribution in [3.05, 3.63) is 23.7 Å². The fourth-order valence-electron chi connectivity index (χ4n) is 1.25. The predicted molar refractivity (Wildman–Crippen MR) is 39.2 cm³/mol. The quantitative estimate of drug-likeness (QED) is 0.472. The van der Waals surface area contributed by atoms with Gasteiger partial charge in [0.25, 0.3) is 0 Å². The highest BCUT2D eigenvalue weighted by atomic mass is 16.6. The highest BCUT2D eigenvalue weighted by Gasteiger charge is 2.28. The fraction of sp³-hybridized carbons (Fsp3) is 0.429. The van der Waals surface area contributed by atoms with Crippen LogP contribution in [0.3, 0.4) is 0 Å². The molecule has 0 aromatic heterocycles. The minimum atomic E-state index is -0.0762. The van der Waals surface area contributed by atoms with Crippen LogP contribution >= 0.6 is 0 Å². The van der Waals surface area contributed by atoms with Gasteiger partial charge in [-0.15, -0.1) is 0 Å². The van der Waals surface area contributed by atoms with Crippen LogP contribution < -0.4 is 0 Å². The number of rotatable bonds is 0. The van der Waals surface area contributed by atoms with Gasteiger partial charge in [0.15, 0.2) is 0 Å². The molecule has 1 heterocycles. The smallest absolute Gasteiger partial charge is 0.526 e. The molecule has 0 saturated heterocycles. The van der Waals surface area contributed by atoms with E-state index in [-0.39, 0.29) is 7.12 Å². The molecule has 0 fully saturated rings. The summed E-state index contributed by atoms with van der Waals surface area (Å²) in [5.74, 6) is 1.95. The second kappa shape index (κ2) is 2.08. The summed E-state index contributed by atoms with van der Waals surface area (Å²) in [4.78, 5) is 0. The zero-order valence-electron chi connectivity index (χ0n) is 5.96. The van der Waals surface area contributed by atoms with Gasteiger partial charge in [0.2, 0.25) is 0 Å². The molecule has 2 aliphatic rings. The summed E-state index contributed by atoms with van der Waals surface area (Å²) < 4.78 is 10.7. The van der Waals surface area contributed by atoms with Gasteiger partial charge in [-0.05, 0) is 19.3 Å². The highest BCUT2D eigenvalue weighted by Crippen LogP contribution is 2.27. The summed E-state index contributed by atoms with van der Waals surface area (Å²) in [5, 5.41) is 0. The van der Waals surface area contributed by atoms with Crippen LogP contribution in [0.1, 0.15) is 12.8 Å². The molecule has 3 heteroatoms. The Bertz CT molecular complexity index is 208. The van der Waals surface area contributed by atoms with Gasteiger partial charge in [-0.25, -0.2) is 0 Å². The van der Waals surface area contributed by atoms with Crippen LogP contribution in [0.2, 0.25) is 6.82 Å². The average Bonchev–Trinajstić information content (AvgIpc) is 2.27. The first-order valence-corrected chi connectivity index (χ1v) is 3.59. The standard InChI is InChI=1S/C7H9BO2/c1-8-9-6-4-2-3-5-7(6)10-8/h2,4H,3,5H2,1H3. The molecule has 0 saturated carbocycles. The third kappa shape index (κ3) is 0.819. The van der Waals surface area contributed by atoms with Crippen molar-refractivity contribution in [1.29, 1.82) is 0 Å². The number of allylic oxidation sites excluding steroid dienone is 3. The molecule has 0 unspecified atom stereocenters. The van der Waals surface area contributed by atoms with Gasteiger partial charge in [0.05, 0.1) is 0 Å². The zero-order chi connectivity index (χ0) is 6.97. The summed E-state index contributed by atoms with van der Waals surface area (Å²) in [5.41, 5.74) is 0. The zero-order valence-corrected chi connectivity index (χ0v) is 5.96. The molecular weight excluding hydrogens is 127 g/mol. The first-order chi connectivity index (χ1) is 4.86. The van der Waals surface area contributed by atoms with Crippen molar-refractivity contribution in [3.63, 3.8) is 0 Å². The van der Waals surface area contributed by atoms with E-state index < -0.39 is 0 Å². The van der Waals surface area contributed by atoms with Crippen LogP contribution in [0.15, 0.2) is 23.7 Å². The second-order valence-electron chi connectivity index (χ2n) is 2.53. The lowest BCUT2D eigenvalue weighted by atomic mass is 9.96.